The van der Waals surface area contributed by atoms with Gasteiger partial charge in [-0.05, 0) is 19.1 Å². The molecule has 1 aromatic carbocycles. The minimum absolute atomic E-state index is 0.176. The first-order valence-electron chi connectivity index (χ1n) is 6.77. The molecule has 2 heterocycles. The second-order valence-corrected chi connectivity index (χ2v) is 5.92. The van der Waals surface area contributed by atoms with Crippen LogP contribution in [0.25, 0.3) is 0 Å². The Kier molecular flexibility index (Phi) is 3.91. The maximum absolute atomic E-state index is 12.8. The van der Waals surface area contributed by atoms with Gasteiger partial charge in [-0.15, -0.1) is 11.3 Å². The van der Waals surface area contributed by atoms with Crippen LogP contribution in [0.5, 0.6) is 0 Å². The van der Waals surface area contributed by atoms with Crippen molar-refractivity contribution in [1.29, 1.82) is 0 Å². The number of amides is 2. The fourth-order valence-electron chi connectivity index (χ4n) is 2.41. The van der Waals surface area contributed by atoms with Gasteiger partial charge < -0.3 is 15.4 Å². The van der Waals surface area contributed by atoms with Gasteiger partial charge in [-0.1, -0.05) is 12.1 Å². The molecule has 0 bridgehead atoms. The van der Waals surface area contributed by atoms with Crippen molar-refractivity contribution in [3.63, 3.8) is 0 Å². The zero-order valence-electron chi connectivity index (χ0n) is 12.0. The van der Waals surface area contributed by atoms with Crippen LogP contribution >= 0.6 is 11.3 Å². The van der Waals surface area contributed by atoms with Crippen molar-refractivity contribution >= 4 is 23.2 Å². The minimum Gasteiger partial charge on any atom is -0.366 e. The molecule has 2 aromatic rings. The van der Waals surface area contributed by atoms with Crippen molar-refractivity contribution < 1.29 is 14.3 Å². The van der Waals surface area contributed by atoms with Gasteiger partial charge in [0.1, 0.15) is 17.8 Å². The molecule has 1 aromatic heterocycles. The van der Waals surface area contributed by atoms with Crippen molar-refractivity contribution in [1.82, 2.24) is 9.88 Å². The minimum atomic E-state index is -0.620. The maximum Gasteiger partial charge on any atom is 0.257 e. The highest BCUT2D eigenvalue weighted by Gasteiger charge is 2.34. The van der Waals surface area contributed by atoms with E-state index in [9.17, 15) is 9.59 Å². The molecule has 1 saturated heterocycles. The lowest BCUT2D eigenvalue weighted by atomic mass is 10.1. The largest absolute Gasteiger partial charge is 0.366 e. The van der Waals surface area contributed by atoms with Crippen LogP contribution in [0.2, 0.25) is 0 Å². The molecule has 1 atom stereocenters. The van der Waals surface area contributed by atoms with E-state index in [1.54, 1.807) is 29.2 Å². The number of thiazole rings is 1. The number of primary amides is 1. The molecule has 2 amide bonds. The summed E-state index contributed by atoms with van der Waals surface area (Å²) in [5.74, 6) is -0.893. The number of ether oxygens (including phenoxy) is 1. The molecule has 1 unspecified atom stereocenters. The number of benzene rings is 1. The second-order valence-electron chi connectivity index (χ2n) is 5.03. The summed E-state index contributed by atoms with van der Waals surface area (Å²) in [6.45, 7) is 2.48. The van der Waals surface area contributed by atoms with Crippen LogP contribution in [0.3, 0.4) is 0 Å². The van der Waals surface area contributed by atoms with Crippen molar-refractivity contribution in [3.8, 4) is 0 Å². The monoisotopic (exact) mass is 317 g/mol. The van der Waals surface area contributed by atoms with E-state index in [1.807, 2.05) is 12.3 Å². The maximum atomic E-state index is 12.8. The SMILES string of the molecule is Cc1csc(C2COCN2C(=O)c2ccccc2C(N)=O)n1. The molecular weight excluding hydrogens is 302 g/mol. The molecule has 7 heteroatoms. The Balaban J connectivity index is 1.93. The van der Waals surface area contributed by atoms with E-state index in [0.717, 1.165) is 10.7 Å². The molecule has 22 heavy (non-hydrogen) atoms. The number of hydrogen-bond acceptors (Lipinski definition) is 5. The molecule has 0 saturated carbocycles. The Morgan fingerprint density at radius 3 is 2.73 bits per heavy atom. The number of aromatic nitrogens is 1. The van der Waals surface area contributed by atoms with Gasteiger partial charge in [0.25, 0.3) is 5.91 Å². The van der Waals surface area contributed by atoms with Crippen LogP contribution in [0, 0.1) is 6.92 Å². The first-order valence-corrected chi connectivity index (χ1v) is 7.65. The topological polar surface area (TPSA) is 85.5 Å². The quantitative estimate of drug-likeness (QED) is 0.934. The number of carbonyl (C=O) groups excluding carboxylic acids is 2. The summed E-state index contributed by atoms with van der Waals surface area (Å²) in [5, 5.41) is 2.77. The predicted molar refractivity (Wildman–Crippen MR) is 81.5 cm³/mol. The third kappa shape index (κ3) is 2.60. The van der Waals surface area contributed by atoms with E-state index in [0.29, 0.717) is 12.2 Å². The summed E-state index contributed by atoms with van der Waals surface area (Å²) < 4.78 is 5.43. The van der Waals surface area contributed by atoms with Crippen LogP contribution in [0.15, 0.2) is 29.6 Å². The number of carbonyl (C=O) groups is 2. The van der Waals surface area contributed by atoms with Crippen molar-refractivity contribution in [2.45, 2.75) is 13.0 Å². The van der Waals surface area contributed by atoms with Gasteiger partial charge in [0.2, 0.25) is 5.91 Å². The Morgan fingerprint density at radius 1 is 1.36 bits per heavy atom. The van der Waals surface area contributed by atoms with Crippen LogP contribution < -0.4 is 5.73 Å². The van der Waals surface area contributed by atoms with E-state index < -0.39 is 5.91 Å². The smallest absolute Gasteiger partial charge is 0.257 e. The lowest BCUT2D eigenvalue weighted by molar-refractivity contribution is 0.0655. The summed E-state index contributed by atoms with van der Waals surface area (Å²) in [5.41, 5.74) is 6.77. The molecule has 0 aliphatic carbocycles. The highest BCUT2D eigenvalue weighted by Crippen LogP contribution is 2.30. The van der Waals surface area contributed by atoms with Gasteiger partial charge in [0.05, 0.1) is 17.7 Å². The molecular formula is C15H15N3O3S. The van der Waals surface area contributed by atoms with Gasteiger partial charge >= 0.3 is 0 Å². The zero-order valence-corrected chi connectivity index (χ0v) is 12.8. The fourth-order valence-corrected chi connectivity index (χ4v) is 3.30. The van der Waals surface area contributed by atoms with Gasteiger partial charge in [0, 0.05) is 11.1 Å². The molecule has 2 N–H and O–H groups in total. The summed E-state index contributed by atoms with van der Waals surface area (Å²) >= 11 is 1.50. The average molecular weight is 317 g/mol. The Bertz CT molecular complexity index is 728. The van der Waals surface area contributed by atoms with Crippen molar-refractivity contribution in [2.24, 2.45) is 5.73 Å². The van der Waals surface area contributed by atoms with E-state index in [-0.39, 0.29) is 24.2 Å². The first kappa shape index (κ1) is 14.7. The first-order chi connectivity index (χ1) is 10.6. The zero-order chi connectivity index (χ0) is 15.7. The molecule has 0 radical (unpaired) electrons. The molecule has 1 aliphatic rings. The molecule has 6 nitrogen and oxygen atoms in total. The standard InChI is InChI=1S/C15H15N3O3S/c1-9-7-22-14(17-9)12-6-21-8-18(12)15(20)11-5-3-2-4-10(11)13(16)19/h2-5,7,12H,6,8H2,1H3,(H2,16,19). The average Bonchev–Trinajstić information content (AvgIpc) is 3.14. The molecule has 1 aliphatic heterocycles. The summed E-state index contributed by atoms with van der Waals surface area (Å²) in [4.78, 5) is 30.3. The third-order valence-electron chi connectivity index (χ3n) is 3.49. The number of hydrogen-bond donors (Lipinski definition) is 1. The Hall–Kier alpha value is -2.25. The number of aryl methyl sites for hydroxylation is 1. The Morgan fingerprint density at radius 2 is 2.09 bits per heavy atom. The van der Waals surface area contributed by atoms with E-state index in [2.05, 4.69) is 4.98 Å². The lowest BCUT2D eigenvalue weighted by Gasteiger charge is -2.21. The van der Waals surface area contributed by atoms with Gasteiger partial charge in [0.15, 0.2) is 0 Å². The highest BCUT2D eigenvalue weighted by atomic mass is 32.1. The molecule has 114 valence electrons. The van der Waals surface area contributed by atoms with Crippen LogP contribution in [-0.2, 0) is 4.74 Å². The summed E-state index contributed by atoms with van der Waals surface area (Å²) in [6.07, 6.45) is 0. The van der Waals surface area contributed by atoms with E-state index >= 15 is 0 Å². The molecule has 3 rings (SSSR count). The normalized spacial score (nSPS) is 17.7. The fraction of sp³-hybridized carbons (Fsp3) is 0.267. The molecule has 0 spiro atoms. The van der Waals surface area contributed by atoms with Crippen molar-refractivity contribution in [2.75, 3.05) is 13.3 Å². The van der Waals surface area contributed by atoms with Gasteiger partial charge in [-0.25, -0.2) is 4.98 Å². The van der Waals surface area contributed by atoms with Gasteiger partial charge in [-0.2, -0.15) is 0 Å². The van der Waals surface area contributed by atoms with E-state index in [4.69, 9.17) is 10.5 Å². The van der Waals surface area contributed by atoms with Crippen LogP contribution in [0.1, 0.15) is 37.5 Å². The predicted octanol–water partition coefficient (Wildman–Crippen LogP) is 1.72. The van der Waals surface area contributed by atoms with Crippen LogP contribution in [0.4, 0.5) is 0 Å². The summed E-state index contributed by atoms with van der Waals surface area (Å²) in [6, 6.07) is 6.31. The van der Waals surface area contributed by atoms with Crippen molar-refractivity contribution in [3.05, 3.63) is 51.5 Å². The highest BCUT2D eigenvalue weighted by molar-refractivity contribution is 7.09. The lowest BCUT2D eigenvalue weighted by Crippen LogP contribution is -2.33. The third-order valence-corrected chi connectivity index (χ3v) is 4.55. The van der Waals surface area contributed by atoms with E-state index in [1.165, 1.54) is 11.3 Å². The summed E-state index contributed by atoms with van der Waals surface area (Å²) in [7, 11) is 0. The number of nitrogens with two attached hydrogens (primary N) is 1. The van der Waals surface area contributed by atoms with Crippen LogP contribution in [-0.4, -0.2) is 35.0 Å². The molecule has 1 fully saturated rings. The second kappa shape index (κ2) is 5.86. The Labute approximate surface area is 131 Å². The number of nitrogens with zero attached hydrogens (tertiary/aromatic N) is 2. The van der Waals surface area contributed by atoms with Gasteiger partial charge in [-0.3, -0.25) is 9.59 Å². The number of rotatable bonds is 3.